The second-order valence-electron chi connectivity index (χ2n) is 8.58. The van der Waals surface area contributed by atoms with E-state index in [-0.39, 0.29) is 6.04 Å². The second kappa shape index (κ2) is 7.26. The number of hydrogen-bond donors (Lipinski definition) is 3. The van der Waals surface area contributed by atoms with Gasteiger partial charge >= 0.3 is 0 Å². The molecule has 7 rings (SSSR count). The van der Waals surface area contributed by atoms with Crippen LogP contribution in [0.1, 0.15) is 0 Å². The maximum Gasteiger partial charge on any atom is 0.181 e. The first-order valence-corrected chi connectivity index (χ1v) is 11.0. The van der Waals surface area contributed by atoms with E-state index < -0.39 is 0 Å². The number of fused-ring (bicyclic) bond motifs is 2. The van der Waals surface area contributed by atoms with Gasteiger partial charge in [-0.2, -0.15) is 5.10 Å². The lowest BCUT2D eigenvalue weighted by Gasteiger charge is -2.37. The summed E-state index contributed by atoms with van der Waals surface area (Å²) >= 11 is 0. The SMILES string of the molecule is NC1CN(c2cncc(-c3cnc4n[nH]c(-c5cc6c(-c7ccoc7)cccc6[nH]5)c4c3)n2)C1. The number of anilines is 1. The van der Waals surface area contributed by atoms with Crippen molar-refractivity contribution in [3.8, 4) is 33.8 Å². The fraction of sp³-hybridized carbons (Fsp3) is 0.120. The molecule has 1 aliphatic heterocycles. The largest absolute Gasteiger partial charge is 0.472 e. The number of nitrogens with one attached hydrogen (secondary N) is 2. The van der Waals surface area contributed by atoms with Gasteiger partial charge in [-0.05, 0) is 29.8 Å². The Morgan fingerprint density at radius 1 is 1.03 bits per heavy atom. The van der Waals surface area contributed by atoms with Crippen LogP contribution in [0.5, 0.6) is 0 Å². The van der Waals surface area contributed by atoms with Crippen molar-refractivity contribution in [1.82, 2.24) is 30.1 Å². The molecule has 34 heavy (non-hydrogen) atoms. The summed E-state index contributed by atoms with van der Waals surface area (Å²) in [6.07, 6.45) is 8.75. The summed E-state index contributed by atoms with van der Waals surface area (Å²) in [5.41, 5.74) is 13.2. The molecule has 4 N–H and O–H groups in total. The molecule has 0 aliphatic carbocycles. The predicted molar refractivity (Wildman–Crippen MR) is 130 cm³/mol. The number of H-pyrrole nitrogens is 2. The van der Waals surface area contributed by atoms with Gasteiger partial charge in [-0.15, -0.1) is 0 Å². The molecule has 0 atom stereocenters. The molecule has 1 aromatic carbocycles. The van der Waals surface area contributed by atoms with Gasteiger partial charge in [0, 0.05) is 52.7 Å². The van der Waals surface area contributed by atoms with Crippen LogP contribution < -0.4 is 10.6 Å². The van der Waals surface area contributed by atoms with Crippen LogP contribution in [-0.4, -0.2) is 49.3 Å². The summed E-state index contributed by atoms with van der Waals surface area (Å²) in [4.78, 5) is 19.4. The lowest BCUT2D eigenvalue weighted by molar-refractivity contribution is 0.514. The Labute approximate surface area is 193 Å². The van der Waals surface area contributed by atoms with Crippen molar-refractivity contribution >= 4 is 27.8 Å². The van der Waals surface area contributed by atoms with E-state index >= 15 is 0 Å². The molecule has 9 heteroatoms. The number of nitrogens with two attached hydrogens (primary N) is 1. The van der Waals surface area contributed by atoms with Crippen molar-refractivity contribution in [2.45, 2.75) is 6.04 Å². The summed E-state index contributed by atoms with van der Waals surface area (Å²) in [5.74, 6) is 0.828. The standard InChI is InChI=1S/C25H20N8O/c26-16-11-33(12-16)23-10-27-9-22(30-23)15-6-19-24(31-32-25(19)28-8-15)21-7-18-17(14-4-5-34-13-14)2-1-3-20(18)29-21/h1-10,13,16,29H,11-12,26H2,(H,28,31,32). The summed E-state index contributed by atoms with van der Waals surface area (Å²) in [6.45, 7) is 1.59. The van der Waals surface area contributed by atoms with E-state index in [4.69, 9.17) is 15.1 Å². The number of rotatable bonds is 4. The van der Waals surface area contributed by atoms with E-state index in [0.717, 1.165) is 69.0 Å². The first-order valence-electron chi connectivity index (χ1n) is 11.0. The number of hydrogen-bond acceptors (Lipinski definition) is 7. The van der Waals surface area contributed by atoms with Gasteiger partial charge in [-0.3, -0.25) is 10.1 Å². The number of benzene rings is 1. The molecule has 6 aromatic rings. The van der Waals surface area contributed by atoms with E-state index in [1.54, 1.807) is 31.1 Å². The van der Waals surface area contributed by atoms with E-state index in [1.165, 1.54) is 0 Å². The zero-order valence-electron chi connectivity index (χ0n) is 18.1. The van der Waals surface area contributed by atoms with E-state index in [2.05, 4.69) is 54.3 Å². The topological polar surface area (TPSA) is 126 Å². The zero-order valence-corrected chi connectivity index (χ0v) is 18.1. The van der Waals surface area contributed by atoms with Crippen LogP contribution in [0.25, 0.3) is 55.7 Å². The maximum atomic E-state index is 5.92. The van der Waals surface area contributed by atoms with Crippen LogP contribution in [-0.2, 0) is 0 Å². The number of pyridine rings is 1. The highest BCUT2D eigenvalue weighted by Gasteiger charge is 2.24. The Hall–Kier alpha value is -4.50. The molecule has 6 heterocycles. The Balaban J connectivity index is 1.31. The second-order valence-corrected chi connectivity index (χ2v) is 8.58. The van der Waals surface area contributed by atoms with Gasteiger partial charge in [-0.25, -0.2) is 9.97 Å². The summed E-state index contributed by atoms with van der Waals surface area (Å²) in [6, 6.07) is 12.5. The van der Waals surface area contributed by atoms with E-state index in [1.807, 2.05) is 12.1 Å². The minimum absolute atomic E-state index is 0.197. The van der Waals surface area contributed by atoms with Crippen molar-refractivity contribution in [2.75, 3.05) is 18.0 Å². The zero-order chi connectivity index (χ0) is 22.6. The van der Waals surface area contributed by atoms with Crippen LogP contribution in [0, 0.1) is 0 Å². The van der Waals surface area contributed by atoms with Gasteiger partial charge in [-0.1, -0.05) is 12.1 Å². The van der Waals surface area contributed by atoms with Crippen molar-refractivity contribution in [3.63, 3.8) is 0 Å². The smallest absolute Gasteiger partial charge is 0.181 e. The molecule has 1 saturated heterocycles. The number of furan rings is 1. The van der Waals surface area contributed by atoms with Gasteiger partial charge in [0.15, 0.2) is 5.65 Å². The summed E-state index contributed by atoms with van der Waals surface area (Å²) < 4.78 is 5.29. The van der Waals surface area contributed by atoms with Gasteiger partial charge in [0.25, 0.3) is 0 Å². The molecule has 0 saturated carbocycles. The molecule has 0 amide bonds. The molecule has 9 nitrogen and oxygen atoms in total. The minimum Gasteiger partial charge on any atom is -0.472 e. The third kappa shape index (κ3) is 2.98. The molecule has 0 bridgehead atoms. The van der Waals surface area contributed by atoms with E-state index in [9.17, 15) is 0 Å². The molecule has 1 aliphatic rings. The number of aromatic nitrogens is 6. The van der Waals surface area contributed by atoms with Gasteiger partial charge < -0.3 is 20.0 Å². The quantitative estimate of drug-likeness (QED) is 0.372. The lowest BCUT2D eigenvalue weighted by Crippen LogP contribution is -2.56. The molecule has 166 valence electrons. The third-order valence-electron chi connectivity index (χ3n) is 6.33. The van der Waals surface area contributed by atoms with Crippen molar-refractivity contribution in [1.29, 1.82) is 0 Å². The Kier molecular flexibility index (Phi) is 4.06. The Bertz CT molecular complexity index is 1640. The molecule has 1 fully saturated rings. The van der Waals surface area contributed by atoms with E-state index in [0.29, 0.717) is 5.65 Å². The molecule has 5 aromatic heterocycles. The Morgan fingerprint density at radius 3 is 2.82 bits per heavy atom. The first kappa shape index (κ1) is 19.0. The monoisotopic (exact) mass is 448 g/mol. The molecular formula is C25H20N8O. The van der Waals surface area contributed by atoms with Crippen LogP contribution in [0.15, 0.2) is 71.9 Å². The van der Waals surface area contributed by atoms with Crippen molar-refractivity contribution in [3.05, 3.63) is 67.5 Å². The average molecular weight is 448 g/mol. The van der Waals surface area contributed by atoms with Gasteiger partial charge in [0.05, 0.1) is 42.0 Å². The molecule has 0 spiro atoms. The van der Waals surface area contributed by atoms with Gasteiger partial charge in [0.2, 0.25) is 0 Å². The third-order valence-corrected chi connectivity index (χ3v) is 6.33. The van der Waals surface area contributed by atoms with Crippen LogP contribution in [0.2, 0.25) is 0 Å². The van der Waals surface area contributed by atoms with Crippen LogP contribution >= 0.6 is 0 Å². The van der Waals surface area contributed by atoms with Gasteiger partial charge in [0.1, 0.15) is 5.82 Å². The fourth-order valence-corrected chi connectivity index (χ4v) is 4.55. The Morgan fingerprint density at radius 2 is 1.97 bits per heavy atom. The van der Waals surface area contributed by atoms with Crippen molar-refractivity contribution in [2.24, 2.45) is 5.73 Å². The summed E-state index contributed by atoms with van der Waals surface area (Å²) in [7, 11) is 0. The molecule has 0 unspecified atom stereocenters. The van der Waals surface area contributed by atoms with Crippen LogP contribution in [0.3, 0.4) is 0 Å². The summed E-state index contributed by atoms with van der Waals surface area (Å²) in [5, 5.41) is 9.59. The average Bonchev–Trinajstić information content (AvgIpc) is 3.60. The predicted octanol–water partition coefficient (Wildman–Crippen LogP) is 3.97. The number of aromatic amines is 2. The lowest BCUT2D eigenvalue weighted by atomic mass is 10.0. The highest BCUT2D eigenvalue weighted by atomic mass is 16.3. The maximum absolute atomic E-state index is 5.92. The fourth-order valence-electron chi connectivity index (χ4n) is 4.55. The normalized spacial score (nSPS) is 14.2. The molecular weight excluding hydrogens is 428 g/mol. The highest BCUT2D eigenvalue weighted by molar-refractivity contribution is 6.01. The number of nitrogens with zero attached hydrogens (tertiary/aromatic N) is 5. The van der Waals surface area contributed by atoms with Crippen molar-refractivity contribution < 1.29 is 4.42 Å². The first-order chi connectivity index (χ1) is 16.7. The highest BCUT2D eigenvalue weighted by Crippen LogP contribution is 2.34. The van der Waals surface area contributed by atoms with Crippen LogP contribution in [0.4, 0.5) is 5.82 Å². The minimum atomic E-state index is 0.197. The molecule has 0 radical (unpaired) electrons.